The number of fused-ring (bicyclic) bond motifs is 1. The van der Waals surface area contributed by atoms with Crippen LogP contribution in [0.5, 0.6) is 5.75 Å². The number of nitrogens with zero attached hydrogens (tertiary/aromatic N) is 1. The Hall–Kier alpha value is -1.82. The summed E-state index contributed by atoms with van der Waals surface area (Å²) < 4.78 is 8.29. The van der Waals surface area contributed by atoms with Crippen LogP contribution < -0.4 is 10.5 Å². The Morgan fingerprint density at radius 2 is 2.14 bits per heavy atom. The van der Waals surface area contributed by atoms with Gasteiger partial charge in [0.15, 0.2) is 4.77 Å². The minimum Gasteiger partial charge on any atom is -0.489 e. The number of ether oxygens (including phenoxy) is 1. The van der Waals surface area contributed by atoms with E-state index in [2.05, 4.69) is 4.98 Å². The van der Waals surface area contributed by atoms with Gasteiger partial charge in [-0.15, -0.1) is 0 Å². The highest BCUT2D eigenvalue weighted by Crippen LogP contribution is 2.31. The number of nitrogens with two attached hydrogens (primary N) is 1. The Morgan fingerprint density at radius 1 is 1.48 bits per heavy atom. The molecule has 3 N–H and O–H groups in total. The van der Waals surface area contributed by atoms with E-state index in [-0.39, 0.29) is 18.4 Å². The van der Waals surface area contributed by atoms with E-state index in [0.717, 1.165) is 16.8 Å². The molecule has 6 heteroatoms. The molecule has 1 aromatic heterocycles. The first kappa shape index (κ1) is 15.6. The number of primary amides is 1. The molecular weight excluding hydrogens is 286 g/mol. The minimum atomic E-state index is -0.502. The first-order chi connectivity index (χ1) is 9.72. The van der Waals surface area contributed by atoms with Crippen LogP contribution in [0, 0.1) is 4.77 Å². The molecule has 1 amide bonds. The van der Waals surface area contributed by atoms with Crippen LogP contribution in [0.25, 0.3) is 11.0 Å². The number of rotatable bonds is 5. The van der Waals surface area contributed by atoms with E-state index in [1.165, 1.54) is 0 Å². The molecule has 0 radical (unpaired) electrons. The van der Waals surface area contributed by atoms with Gasteiger partial charge in [0.05, 0.1) is 17.2 Å². The van der Waals surface area contributed by atoms with E-state index in [1.54, 1.807) is 0 Å². The second kappa shape index (κ2) is 5.52. The van der Waals surface area contributed by atoms with Crippen molar-refractivity contribution in [3.63, 3.8) is 0 Å². The third-order valence-electron chi connectivity index (χ3n) is 3.25. The molecule has 2 rings (SSSR count). The van der Waals surface area contributed by atoms with E-state index in [4.69, 9.17) is 22.7 Å². The maximum absolute atomic E-state index is 11.3. The predicted molar refractivity (Wildman–Crippen MR) is 86.0 cm³/mol. The summed E-state index contributed by atoms with van der Waals surface area (Å²) in [7, 11) is 0. The van der Waals surface area contributed by atoms with Crippen LogP contribution in [0.4, 0.5) is 0 Å². The molecule has 0 aliphatic carbocycles. The van der Waals surface area contributed by atoms with Gasteiger partial charge in [-0.05, 0) is 52.0 Å². The molecule has 0 aliphatic rings. The summed E-state index contributed by atoms with van der Waals surface area (Å²) in [6.45, 7) is 7.83. The fraction of sp³-hybridized carbons (Fsp3) is 0.467. The van der Waals surface area contributed by atoms with Gasteiger partial charge in [0.25, 0.3) is 0 Å². The molecule has 0 saturated heterocycles. The fourth-order valence-corrected chi connectivity index (χ4v) is 3.01. The summed E-state index contributed by atoms with van der Waals surface area (Å²) in [5, 5.41) is 0. The molecule has 0 spiro atoms. The van der Waals surface area contributed by atoms with Gasteiger partial charge in [-0.3, -0.25) is 4.79 Å². The molecule has 0 atom stereocenters. The number of benzene rings is 1. The van der Waals surface area contributed by atoms with E-state index in [1.807, 2.05) is 50.5 Å². The van der Waals surface area contributed by atoms with Crippen LogP contribution in [0.2, 0.25) is 0 Å². The Balaban J connectivity index is 2.64. The number of H-pyrrole nitrogens is 1. The standard InChI is InChI=1S/C15H21N3O2S/c1-9(2)20-11-7-5-6-10-13(11)17-14(21)18(10)15(3,4)8-12(16)19/h5-7,9H,8H2,1-4H3,(H2,16,19)(H,17,21). The Kier molecular flexibility index (Phi) is 4.09. The number of aromatic nitrogens is 2. The summed E-state index contributed by atoms with van der Waals surface area (Å²) in [5.41, 5.74) is 6.60. The van der Waals surface area contributed by atoms with Crippen molar-refractivity contribution in [2.45, 2.75) is 45.8 Å². The van der Waals surface area contributed by atoms with Crippen LogP contribution in [0.1, 0.15) is 34.1 Å². The quantitative estimate of drug-likeness (QED) is 0.834. The van der Waals surface area contributed by atoms with Crippen molar-refractivity contribution in [1.29, 1.82) is 0 Å². The third kappa shape index (κ3) is 3.10. The van der Waals surface area contributed by atoms with Gasteiger partial charge < -0.3 is 20.0 Å². The maximum atomic E-state index is 11.3. The molecule has 1 heterocycles. The smallest absolute Gasteiger partial charge is 0.219 e. The van der Waals surface area contributed by atoms with Crippen molar-refractivity contribution in [3.8, 4) is 5.75 Å². The van der Waals surface area contributed by atoms with Gasteiger partial charge >= 0.3 is 0 Å². The summed E-state index contributed by atoms with van der Waals surface area (Å²) in [4.78, 5) is 14.5. The number of aromatic amines is 1. The number of para-hydroxylation sites is 1. The average molecular weight is 307 g/mol. The molecule has 0 aliphatic heterocycles. The number of imidazole rings is 1. The first-order valence-corrected chi connectivity index (χ1v) is 7.32. The van der Waals surface area contributed by atoms with Crippen LogP contribution in [-0.2, 0) is 10.3 Å². The normalized spacial score (nSPS) is 12.0. The second-order valence-electron chi connectivity index (χ2n) is 6.04. The Morgan fingerprint density at radius 3 is 2.71 bits per heavy atom. The highest BCUT2D eigenvalue weighted by molar-refractivity contribution is 7.71. The van der Waals surface area contributed by atoms with Gasteiger partial charge in [0.2, 0.25) is 5.91 Å². The lowest BCUT2D eigenvalue weighted by molar-refractivity contribution is -0.119. The lowest BCUT2D eigenvalue weighted by atomic mass is 9.99. The zero-order valence-corrected chi connectivity index (χ0v) is 13.6. The first-order valence-electron chi connectivity index (χ1n) is 6.91. The summed E-state index contributed by atoms with van der Waals surface area (Å²) in [6, 6.07) is 5.77. The molecule has 0 fully saturated rings. The SMILES string of the molecule is CC(C)Oc1cccc2c1[nH]c(=S)n2C(C)(C)CC(N)=O. The minimum absolute atomic E-state index is 0.0690. The topological polar surface area (TPSA) is 73.0 Å². The average Bonchev–Trinajstić information content (AvgIpc) is 2.64. The number of nitrogens with one attached hydrogen (secondary N) is 1. The van der Waals surface area contributed by atoms with Gasteiger partial charge in [-0.25, -0.2) is 0 Å². The number of hydrogen-bond acceptors (Lipinski definition) is 3. The van der Waals surface area contributed by atoms with Crippen LogP contribution in [-0.4, -0.2) is 21.6 Å². The predicted octanol–water partition coefficient (Wildman–Crippen LogP) is 3.10. The second-order valence-corrected chi connectivity index (χ2v) is 6.42. The monoisotopic (exact) mass is 307 g/mol. The van der Waals surface area contributed by atoms with E-state index >= 15 is 0 Å². The number of hydrogen-bond donors (Lipinski definition) is 2. The van der Waals surface area contributed by atoms with Gasteiger partial charge in [0.1, 0.15) is 11.3 Å². The largest absolute Gasteiger partial charge is 0.489 e. The molecule has 0 saturated carbocycles. The highest BCUT2D eigenvalue weighted by Gasteiger charge is 2.26. The number of carbonyl (C=O) groups is 1. The van der Waals surface area contributed by atoms with Gasteiger partial charge in [-0.2, -0.15) is 0 Å². The number of carbonyl (C=O) groups excluding carboxylic acids is 1. The Bertz CT molecular complexity index is 728. The molecule has 1 aromatic carbocycles. The van der Waals surface area contributed by atoms with E-state index < -0.39 is 5.54 Å². The summed E-state index contributed by atoms with van der Waals surface area (Å²) in [5.74, 6) is 0.396. The zero-order valence-electron chi connectivity index (χ0n) is 12.8. The van der Waals surface area contributed by atoms with Crippen molar-refractivity contribution in [2.24, 2.45) is 5.73 Å². The molecule has 0 bridgehead atoms. The van der Waals surface area contributed by atoms with Crippen molar-refractivity contribution < 1.29 is 9.53 Å². The molecule has 5 nitrogen and oxygen atoms in total. The van der Waals surface area contributed by atoms with Crippen LogP contribution >= 0.6 is 12.2 Å². The summed E-state index contributed by atoms with van der Waals surface area (Å²) >= 11 is 5.43. The summed E-state index contributed by atoms with van der Waals surface area (Å²) in [6.07, 6.45) is 0.281. The maximum Gasteiger partial charge on any atom is 0.219 e. The van der Waals surface area contributed by atoms with Crippen LogP contribution in [0.15, 0.2) is 18.2 Å². The molecule has 114 valence electrons. The third-order valence-corrected chi connectivity index (χ3v) is 3.54. The lowest BCUT2D eigenvalue weighted by Crippen LogP contribution is -2.32. The van der Waals surface area contributed by atoms with Crippen molar-refractivity contribution in [3.05, 3.63) is 23.0 Å². The van der Waals surface area contributed by atoms with Gasteiger partial charge in [0, 0.05) is 6.42 Å². The molecular formula is C15H21N3O2S. The van der Waals surface area contributed by atoms with Crippen molar-refractivity contribution >= 4 is 29.2 Å². The van der Waals surface area contributed by atoms with E-state index in [9.17, 15) is 4.79 Å². The van der Waals surface area contributed by atoms with Crippen LogP contribution in [0.3, 0.4) is 0 Å². The van der Waals surface area contributed by atoms with Crippen molar-refractivity contribution in [2.75, 3.05) is 0 Å². The highest BCUT2D eigenvalue weighted by atomic mass is 32.1. The molecule has 0 unspecified atom stereocenters. The lowest BCUT2D eigenvalue weighted by Gasteiger charge is -2.26. The molecule has 2 aromatic rings. The van der Waals surface area contributed by atoms with Crippen molar-refractivity contribution in [1.82, 2.24) is 9.55 Å². The van der Waals surface area contributed by atoms with Gasteiger partial charge in [-0.1, -0.05) is 6.07 Å². The Labute approximate surface area is 129 Å². The number of amides is 1. The zero-order chi connectivity index (χ0) is 15.8. The fourth-order valence-electron chi connectivity index (χ4n) is 2.56. The molecule has 21 heavy (non-hydrogen) atoms. The van der Waals surface area contributed by atoms with E-state index in [0.29, 0.717) is 4.77 Å².